The molecule has 1 aromatic rings. The van der Waals surface area contributed by atoms with Crippen molar-refractivity contribution in [3.8, 4) is 0 Å². The first kappa shape index (κ1) is 14.8. The van der Waals surface area contributed by atoms with Crippen LogP contribution in [-0.2, 0) is 5.41 Å². The summed E-state index contributed by atoms with van der Waals surface area (Å²) in [5.41, 5.74) is 3.39. The number of fused-ring (bicyclic) bond motifs is 2. The molecule has 1 saturated carbocycles. The molecule has 0 aromatic heterocycles. The molecule has 8 atom stereocenters. The van der Waals surface area contributed by atoms with Gasteiger partial charge in [-0.15, -0.1) is 0 Å². The van der Waals surface area contributed by atoms with E-state index in [4.69, 9.17) is 0 Å². The van der Waals surface area contributed by atoms with Gasteiger partial charge in [-0.25, -0.2) is 0 Å². The van der Waals surface area contributed by atoms with E-state index in [0.29, 0.717) is 24.0 Å². The van der Waals surface area contributed by atoms with Crippen molar-refractivity contribution >= 4 is 5.69 Å². The standard InChI is InChI=1S/C21H26N2O2/c1-3-12-10-23-16-8-14(12)21(11-24)17(23)9-20(19(21)25)13-6-4-5-7-15(13)22(2)18(16)20/h3-7,14,16-19,24-25H,8-11H2,1-2H3/b12-3-/t14-,16-,17?,18+,19+,20?,21-/m0/s1. The van der Waals surface area contributed by atoms with Crippen molar-refractivity contribution in [1.82, 2.24) is 4.90 Å². The van der Waals surface area contributed by atoms with Gasteiger partial charge in [0.05, 0.1) is 18.8 Å². The predicted molar refractivity (Wildman–Crippen MR) is 96.6 cm³/mol. The van der Waals surface area contributed by atoms with Gasteiger partial charge in [-0.3, -0.25) is 4.90 Å². The van der Waals surface area contributed by atoms with Crippen molar-refractivity contribution < 1.29 is 10.2 Å². The summed E-state index contributed by atoms with van der Waals surface area (Å²) >= 11 is 0. The maximum absolute atomic E-state index is 11.9. The average Bonchev–Trinajstić information content (AvgIpc) is 3.03. The highest BCUT2D eigenvalue weighted by Crippen LogP contribution is 2.72. The van der Waals surface area contributed by atoms with Gasteiger partial charge in [-0.2, -0.15) is 0 Å². The third-order valence-corrected chi connectivity index (χ3v) is 8.65. The Labute approximate surface area is 148 Å². The molecule has 5 fully saturated rings. The van der Waals surface area contributed by atoms with Gasteiger partial charge in [0, 0.05) is 42.2 Å². The number of piperidine rings is 4. The topological polar surface area (TPSA) is 46.9 Å². The Kier molecular flexibility index (Phi) is 2.54. The second kappa shape index (κ2) is 4.30. The molecule has 5 aliphatic heterocycles. The first-order valence-electron chi connectivity index (χ1n) is 9.63. The van der Waals surface area contributed by atoms with Crippen molar-refractivity contribution in [2.75, 3.05) is 25.1 Å². The minimum absolute atomic E-state index is 0.0877. The summed E-state index contributed by atoms with van der Waals surface area (Å²) in [6.07, 6.45) is 3.79. The first-order chi connectivity index (χ1) is 12.1. The van der Waals surface area contributed by atoms with Crippen molar-refractivity contribution in [2.45, 2.75) is 49.4 Å². The van der Waals surface area contributed by atoms with Crippen LogP contribution in [0.2, 0.25) is 0 Å². The van der Waals surface area contributed by atoms with Gasteiger partial charge in [0.25, 0.3) is 0 Å². The Balaban J connectivity index is 1.66. The van der Waals surface area contributed by atoms with Crippen molar-refractivity contribution in [3.63, 3.8) is 0 Å². The van der Waals surface area contributed by atoms with E-state index in [2.05, 4.69) is 54.1 Å². The first-order valence-corrected chi connectivity index (χ1v) is 9.63. The molecule has 132 valence electrons. The molecule has 5 heterocycles. The number of benzene rings is 1. The van der Waals surface area contributed by atoms with Gasteiger partial charge < -0.3 is 15.1 Å². The fourth-order valence-corrected chi connectivity index (χ4v) is 7.88. The van der Waals surface area contributed by atoms with Crippen LogP contribution in [0.3, 0.4) is 0 Å². The lowest BCUT2D eigenvalue weighted by atomic mass is 9.59. The Hall–Kier alpha value is -1.36. The summed E-state index contributed by atoms with van der Waals surface area (Å²) in [5.74, 6) is 0.322. The highest BCUT2D eigenvalue weighted by molar-refractivity contribution is 5.68. The smallest absolute Gasteiger partial charge is 0.0757 e. The zero-order valence-corrected chi connectivity index (χ0v) is 14.9. The second-order valence-corrected chi connectivity index (χ2v) is 8.90. The van der Waals surface area contributed by atoms with Crippen LogP contribution < -0.4 is 4.90 Å². The molecular formula is C21H26N2O2. The molecule has 25 heavy (non-hydrogen) atoms. The van der Waals surface area contributed by atoms with Crippen LogP contribution >= 0.6 is 0 Å². The van der Waals surface area contributed by atoms with E-state index in [-0.39, 0.29) is 12.0 Å². The lowest BCUT2D eigenvalue weighted by molar-refractivity contribution is -0.127. The van der Waals surface area contributed by atoms with Crippen LogP contribution in [0.4, 0.5) is 5.69 Å². The summed E-state index contributed by atoms with van der Waals surface area (Å²) in [6, 6.07) is 9.73. The normalized spacial score (nSPS) is 52.8. The fraction of sp³-hybridized carbons (Fsp3) is 0.619. The van der Waals surface area contributed by atoms with Gasteiger partial charge in [0.2, 0.25) is 0 Å². The zero-order valence-electron chi connectivity index (χ0n) is 14.9. The molecule has 2 N–H and O–H groups in total. The molecule has 5 bridgehead atoms. The van der Waals surface area contributed by atoms with Crippen LogP contribution in [0.15, 0.2) is 35.9 Å². The van der Waals surface area contributed by atoms with E-state index in [9.17, 15) is 10.2 Å². The number of aliphatic hydroxyl groups is 2. The molecule has 4 heteroatoms. The van der Waals surface area contributed by atoms with Crippen LogP contribution in [0.25, 0.3) is 0 Å². The van der Waals surface area contributed by atoms with E-state index < -0.39 is 11.5 Å². The quantitative estimate of drug-likeness (QED) is 0.762. The number of anilines is 1. The minimum atomic E-state index is -0.485. The van der Waals surface area contributed by atoms with Gasteiger partial charge in [0.15, 0.2) is 0 Å². The summed E-state index contributed by atoms with van der Waals surface area (Å²) in [6.45, 7) is 3.22. The summed E-state index contributed by atoms with van der Waals surface area (Å²) < 4.78 is 0. The zero-order chi connectivity index (χ0) is 17.1. The van der Waals surface area contributed by atoms with E-state index in [1.54, 1.807) is 0 Å². The Morgan fingerprint density at radius 3 is 2.88 bits per heavy atom. The molecule has 0 radical (unpaired) electrons. The SMILES string of the molecule is C/C=C1/CN2C3CC45c6ccccc6N(C)[C@@H]4[C@@H]2C[C@@H]1[C@]3(CO)[C@@H]5O. The Morgan fingerprint density at radius 1 is 1.32 bits per heavy atom. The number of aliphatic hydroxyl groups excluding tert-OH is 2. The van der Waals surface area contributed by atoms with Gasteiger partial charge in [-0.05, 0) is 37.3 Å². The predicted octanol–water partition coefficient (Wildman–Crippen LogP) is 1.52. The number of para-hydroxylation sites is 1. The maximum atomic E-state index is 11.9. The van der Waals surface area contributed by atoms with Crippen molar-refractivity contribution in [1.29, 1.82) is 0 Å². The highest BCUT2D eigenvalue weighted by atomic mass is 16.3. The van der Waals surface area contributed by atoms with Gasteiger partial charge in [-0.1, -0.05) is 29.8 Å². The molecule has 4 saturated heterocycles. The third-order valence-electron chi connectivity index (χ3n) is 8.65. The monoisotopic (exact) mass is 338 g/mol. The Morgan fingerprint density at radius 2 is 2.12 bits per heavy atom. The van der Waals surface area contributed by atoms with E-state index >= 15 is 0 Å². The summed E-state index contributed by atoms with van der Waals surface area (Å²) in [7, 11) is 2.20. The molecule has 1 aliphatic carbocycles. The fourth-order valence-electron chi connectivity index (χ4n) is 7.88. The molecule has 0 amide bonds. The average molecular weight is 338 g/mol. The van der Waals surface area contributed by atoms with Crippen LogP contribution in [0, 0.1) is 11.3 Å². The van der Waals surface area contributed by atoms with Gasteiger partial charge in [0.1, 0.15) is 0 Å². The molecule has 4 nitrogen and oxygen atoms in total. The Bertz CT molecular complexity index is 807. The van der Waals surface area contributed by atoms with Crippen LogP contribution in [0.5, 0.6) is 0 Å². The van der Waals surface area contributed by atoms with Crippen LogP contribution in [0.1, 0.15) is 25.3 Å². The molecule has 3 unspecified atom stereocenters. The number of likely N-dealkylation sites (N-methyl/N-ethyl adjacent to an activating group) is 1. The molecule has 1 spiro atoms. The van der Waals surface area contributed by atoms with Gasteiger partial charge >= 0.3 is 0 Å². The number of rotatable bonds is 1. The maximum Gasteiger partial charge on any atom is 0.0757 e. The largest absolute Gasteiger partial charge is 0.396 e. The van der Waals surface area contributed by atoms with E-state index in [1.807, 2.05) is 0 Å². The van der Waals surface area contributed by atoms with Crippen molar-refractivity contribution in [3.05, 3.63) is 41.5 Å². The molecule has 7 rings (SSSR count). The minimum Gasteiger partial charge on any atom is -0.396 e. The number of hydrogen-bond acceptors (Lipinski definition) is 4. The molecule has 6 aliphatic rings. The third kappa shape index (κ3) is 1.26. The van der Waals surface area contributed by atoms with E-state index in [0.717, 1.165) is 19.4 Å². The molecular weight excluding hydrogens is 312 g/mol. The van der Waals surface area contributed by atoms with Crippen molar-refractivity contribution in [2.24, 2.45) is 11.3 Å². The number of nitrogens with zero attached hydrogens (tertiary/aromatic N) is 2. The second-order valence-electron chi connectivity index (χ2n) is 8.90. The van der Waals surface area contributed by atoms with Crippen LogP contribution in [-0.4, -0.2) is 59.5 Å². The molecule has 1 aromatic carbocycles. The number of hydrogen-bond donors (Lipinski definition) is 2. The summed E-state index contributed by atoms with van der Waals surface area (Å²) in [5, 5.41) is 22.5. The number of allylic oxidation sites excluding steroid dienone is 1. The highest BCUT2D eigenvalue weighted by Gasteiger charge is 2.79. The van der Waals surface area contributed by atoms with E-state index in [1.165, 1.54) is 16.8 Å². The summed E-state index contributed by atoms with van der Waals surface area (Å²) in [4.78, 5) is 5.07. The lowest BCUT2D eigenvalue weighted by Crippen LogP contribution is -2.71. The lowest BCUT2D eigenvalue weighted by Gasteiger charge is -2.62.